The summed E-state index contributed by atoms with van der Waals surface area (Å²) in [5, 5.41) is 3.64. The van der Waals surface area contributed by atoms with E-state index in [0.29, 0.717) is 0 Å². The Labute approximate surface area is 118 Å². The van der Waals surface area contributed by atoms with Crippen molar-refractivity contribution in [3.8, 4) is 0 Å². The maximum atomic E-state index is 3.64. The molecule has 0 aromatic heterocycles. The first kappa shape index (κ1) is 14.4. The molecule has 0 saturated carbocycles. The van der Waals surface area contributed by atoms with Crippen LogP contribution in [-0.2, 0) is 6.42 Å². The van der Waals surface area contributed by atoms with Crippen LogP contribution in [0.2, 0.25) is 0 Å². The second kappa shape index (κ2) is 7.54. The second-order valence-corrected chi connectivity index (χ2v) is 5.63. The molecule has 0 aliphatic carbocycles. The normalized spacial score (nSPS) is 16.8. The van der Waals surface area contributed by atoms with Crippen LogP contribution in [0.25, 0.3) is 0 Å². The molecule has 19 heavy (non-hydrogen) atoms. The van der Waals surface area contributed by atoms with Gasteiger partial charge in [-0.25, -0.2) is 0 Å². The summed E-state index contributed by atoms with van der Waals surface area (Å²) in [6, 6.07) is 9.91. The van der Waals surface area contributed by atoms with Crippen molar-refractivity contribution >= 4 is 5.69 Å². The maximum Gasteiger partial charge on any atom is 0.0366 e. The number of hydrogen-bond acceptors (Lipinski definition) is 2. The smallest absolute Gasteiger partial charge is 0.0366 e. The average molecular weight is 260 g/mol. The Hall–Kier alpha value is -1.02. The van der Waals surface area contributed by atoms with Crippen molar-refractivity contribution in [3.05, 3.63) is 29.8 Å². The molecule has 1 aliphatic heterocycles. The van der Waals surface area contributed by atoms with Gasteiger partial charge in [-0.05, 0) is 49.9 Å². The molecular weight excluding hydrogens is 232 g/mol. The molecule has 0 radical (unpaired) electrons. The van der Waals surface area contributed by atoms with E-state index in [0.717, 1.165) is 12.6 Å². The van der Waals surface area contributed by atoms with Gasteiger partial charge in [0.1, 0.15) is 0 Å². The van der Waals surface area contributed by atoms with Crippen LogP contribution in [0.3, 0.4) is 0 Å². The molecule has 0 unspecified atom stereocenters. The van der Waals surface area contributed by atoms with E-state index in [4.69, 9.17) is 0 Å². The van der Waals surface area contributed by atoms with Gasteiger partial charge in [0, 0.05) is 24.8 Å². The minimum atomic E-state index is 0.732. The first-order valence-electron chi connectivity index (χ1n) is 7.90. The Kier molecular flexibility index (Phi) is 5.71. The highest BCUT2D eigenvalue weighted by molar-refractivity contribution is 5.48. The van der Waals surface area contributed by atoms with E-state index in [1.807, 2.05) is 0 Å². The van der Waals surface area contributed by atoms with E-state index in [9.17, 15) is 0 Å². The zero-order valence-electron chi connectivity index (χ0n) is 12.5. The molecule has 0 bridgehead atoms. The fourth-order valence-corrected chi connectivity index (χ4v) is 2.85. The van der Waals surface area contributed by atoms with Gasteiger partial charge in [-0.3, -0.25) is 0 Å². The van der Waals surface area contributed by atoms with E-state index in [2.05, 4.69) is 48.3 Å². The lowest BCUT2D eigenvalue weighted by molar-refractivity contribution is 0.416. The molecule has 2 rings (SSSR count). The first-order chi connectivity index (χ1) is 9.33. The maximum absolute atomic E-state index is 3.64. The second-order valence-electron chi connectivity index (χ2n) is 5.63. The zero-order chi connectivity index (χ0) is 13.5. The van der Waals surface area contributed by atoms with Crippen molar-refractivity contribution in [2.24, 2.45) is 0 Å². The summed E-state index contributed by atoms with van der Waals surface area (Å²) in [6.07, 6.45) is 6.21. The summed E-state index contributed by atoms with van der Waals surface area (Å²) >= 11 is 0. The number of nitrogens with zero attached hydrogens (tertiary/aromatic N) is 1. The summed E-state index contributed by atoms with van der Waals surface area (Å²) in [6.45, 7) is 8.02. The van der Waals surface area contributed by atoms with E-state index >= 15 is 0 Å². The minimum absolute atomic E-state index is 0.732. The molecule has 1 aliphatic rings. The van der Waals surface area contributed by atoms with Crippen molar-refractivity contribution in [1.82, 2.24) is 5.32 Å². The standard InChI is InChI=1S/C17H28N2/c1-3-5-15-6-8-17(9-7-15)19-13-10-16(11-14-19)18-12-4-2/h6-9,16,18H,3-5,10-14H2,1-2H3. The van der Waals surface area contributed by atoms with Gasteiger partial charge >= 0.3 is 0 Å². The quantitative estimate of drug-likeness (QED) is 0.840. The van der Waals surface area contributed by atoms with Gasteiger partial charge in [-0.2, -0.15) is 0 Å². The molecule has 1 saturated heterocycles. The molecule has 0 amide bonds. The van der Waals surface area contributed by atoms with Crippen molar-refractivity contribution in [2.75, 3.05) is 24.5 Å². The predicted octanol–water partition coefficient (Wildman–Crippen LogP) is 3.61. The molecular formula is C17H28N2. The highest BCUT2D eigenvalue weighted by Crippen LogP contribution is 2.21. The number of benzene rings is 1. The highest BCUT2D eigenvalue weighted by atomic mass is 15.1. The Morgan fingerprint density at radius 1 is 1.05 bits per heavy atom. The predicted molar refractivity (Wildman–Crippen MR) is 84.0 cm³/mol. The third-order valence-corrected chi connectivity index (χ3v) is 4.02. The molecule has 1 aromatic carbocycles. The van der Waals surface area contributed by atoms with Gasteiger partial charge in [0.15, 0.2) is 0 Å². The lowest BCUT2D eigenvalue weighted by Gasteiger charge is -2.34. The van der Waals surface area contributed by atoms with Gasteiger partial charge in [0.05, 0.1) is 0 Å². The SMILES string of the molecule is CCCNC1CCN(c2ccc(CCC)cc2)CC1. The summed E-state index contributed by atoms with van der Waals surface area (Å²) in [5.74, 6) is 0. The third-order valence-electron chi connectivity index (χ3n) is 4.02. The van der Waals surface area contributed by atoms with Crippen LogP contribution in [0.15, 0.2) is 24.3 Å². The zero-order valence-corrected chi connectivity index (χ0v) is 12.5. The Bertz CT molecular complexity index is 350. The molecule has 1 N–H and O–H groups in total. The number of piperidine rings is 1. The first-order valence-corrected chi connectivity index (χ1v) is 7.90. The van der Waals surface area contributed by atoms with Gasteiger partial charge in [0.2, 0.25) is 0 Å². The summed E-state index contributed by atoms with van der Waals surface area (Å²) < 4.78 is 0. The van der Waals surface area contributed by atoms with Crippen LogP contribution in [-0.4, -0.2) is 25.7 Å². The topological polar surface area (TPSA) is 15.3 Å². The Morgan fingerprint density at radius 2 is 1.74 bits per heavy atom. The average Bonchev–Trinajstić information content (AvgIpc) is 2.47. The van der Waals surface area contributed by atoms with Gasteiger partial charge in [-0.15, -0.1) is 0 Å². The number of nitrogens with one attached hydrogen (secondary N) is 1. The highest BCUT2D eigenvalue weighted by Gasteiger charge is 2.18. The fourth-order valence-electron chi connectivity index (χ4n) is 2.85. The molecule has 0 atom stereocenters. The van der Waals surface area contributed by atoms with Crippen molar-refractivity contribution in [2.45, 2.75) is 52.0 Å². The van der Waals surface area contributed by atoms with Crippen LogP contribution in [0.5, 0.6) is 0 Å². The number of aryl methyl sites for hydroxylation is 1. The van der Waals surface area contributed by atoms with Gasteiger partial charge in [0.25, 0.3) is 0 Å². The number of rotatable bonds is 6. The molecule has 106 valence electrons. The van der Waals surface area contributed by atoms with E-state index in [1.165, 1.54) is 56.4 Å². The Morgan fingerprint density at radius 3 is 2.32 bits per heavy atom. The Balaban J connectivity index is 1.83. The van der Waals surface area contributed by atoms with Crippen LogP contribution < -0.4 is 10.2 Å². The van der Waals surface area contributed by atoms with Crippen LogP contribution in [0.1, 0.15) is 45.1 Å². The third kappa shape index (κ3) is 4.24. The lowest BCUT2D eigenvalue weighted by Crippen LogP contribution is -2.42. The molecule has 2 nitrogen and oxygen atoms in total. The van der Waals surface area contributed by atoms with Crippen LogP contribution in [0, 0.1) is 0 Å². The van der Waals surface area contributed by atoms with Crippen molar-refractivity contribution in [3.63, 3.8) is 0 Å². The molecule has 1 aromatic rings. The summed E-state index contributed by atoms with van der Waals surface area (Å²) in [7, 11) is 0. The summed E-state index contributed by atoms with van der Waals surface area (Å²) in [5.41, 5.74) is 2.86. The van der Waals surface area contributed by atoms with Gasteiger partial charge in [-0.1, -0.05) is 32.4 Å². The number of hydrogen-bond donors (Lipinski definition) is 1. The van der Waals surface area contributed by atoms with Crippen LogP contribution in [0.4, 0.5) is 5.69 Å². The largest absolute Gasteiger partial charge is 0.371 e. The van der Waals surface area contributed by atoms with E-state index < -0.39 is 0 Å². The molecule has 2 heteroatoms. The van der Waals surface area contributed by atoms with E-state index in [1.54, 1.807) is 0 Å². The minimum Gasteiger partial charge on any atom is -0.371 e. The summed E-state index contributed by atoms with van der Waals surface area (Å²) in [4.78, 5) is 2.53. The molecule has 0 spiro atoms. The van der Waals surface area contributed by atoms with E-state index in [-0.39, 0.29) is 0 Å². The number of anilines is 1. The van der Waals surface area contributed by atoms with Gasteiger partial charge < -0.3 is 10.2 Å². The van der Waals surface area contributed by atoms with Crippen molar-refractivity contribution in [1.29, 1.82) is 0 Å². The van der Waals surface area contributed by atoms with Crippen molar-refractivity contribution < 1.29 is 0 Å². The molecule has 1 heterocycles. The monoisotopic (exact) mass is 260 g/mol. The molecule has 1 fully saturated rings. The fraction of sp³-hybridized carbons (Fsp3) is 0.647. The lowest BCUT2D eigenvalue weighted by atomic mass is 10.0. The van der Waals surface area contributed by atoms with Crippen LogP contribution >= 0.6 is 0 Å².